The van der Waals surface area contributed by atoms with Crippen molar-refractivity contribution in [3.05, 3.63) is 158 Å². The molecule has 0 aliphatic carbocycles. The van der Waals surface area contributed by atoms with Crippen LogP contribution in [0.5, 0.6) is 0 Å². The third kappa shape index (κ3) is 4.77. The zero-order valence-electron chi connectivity index (χ0n) is 23.3. The molecular weight excluding hydrogens is 524 g/mol. The van der Waals surface area contributed by atoms with Gasteiger partial charge in [0.25, 0.3) is 0 Å². The van der Waals surface area contributed by atoms with Crippen molar-refractivity contribution >= 4 is 21.7 Å². The zero-order chi connectivity index (χ0) is 28.6. The molecule has 8 aromatic rings. The summed E-state index contributed by atoms with van der Waals surface area (Å²) in [5.41, 5.74) is 9.05. The monoisotopic (exact) mass is 550 g/mol. The highest BCUT2D eigenvalue weighted by Gasteiger charge is 2.16. The molecule has 3 nitrogen and oxygen atoms in total. The van der Waals surface area contributed by atoms with Gasteiger partial charge in [0, 0.05) is 16.5 Å². The van der Waals surface area contributed by atoms with Crippen LogP contribution < -0.4 is 0 Å². The molecule has 2 aromatic heterocycles. The molecule has 43 heavy (non-hydrogen) atoms. The maximum Gasteiger partial charge on any atom is 0.161 e. The molecule has 0 aliphatic rings. The van der Waals surface area contributed by atoms with Gasteiger partial charge in [-0.05, 0) is 63.4 Å². The fourth-order valence-corrected chi connectivity index (χ4v) is 5.71. The van der Waals surface area contributed by atoms with E-state index in [9.17, 15) is 0 Å². The number of furan rings is 1. The van der Waals surface area contributed by atoms with Crippen LogP contribution in [0.2, 0.25) is 0 Å². The summed E-state index contributed by atoms with van der Waals surface area (Å²) in [5.74, 6) is 1.38. The van der Waals surface area contributed by atoms with Gasteiger partial charge < -0.3 is 4.42 Å². The SMILES string of the molecule is c1ccc(-c2ccc3cc(-c4cc(-c5cc6ccccc6o5)nc(-c5ccccc5-c5ccccc5)n4)ccc3c2)cc1. The van der Waals surface area contributed by atoms with E-state index in [2.05, 4.69) is 115 Å². The largest absolute Gasteiger partial charge is 0.454 e. The second-order valence-corrected chi connectivity index (χ2v) is 10.7. The Bertz CT molecular complexity index is 2200. The van der Waals surface area contributed by atoms with Gasteiger partial charge in [0.05, 0.1) is 5.69 Å². The molecule has 0 amide bonds. The summed E-state index contributed by atoms with van der Waals surface area (Å²) >= 11 is 0. The van der Waals surface area contributed by atoms with Gasteiger partial charge >= 0.3 is 0 Å². The van der Waals surface area contributed by atoms with E-state index in [1.165, 1.54) is 16.5 Å². The van der Waals surface area contributed by atoms with Crippen LogP contribution >= 0.6 is 0 Å². The molecule has 0 saturated heterocycles. The molecule has 0 bridgehead atoms. The predicted octanol–water partition coefficient (Wildman–Crippen LogP) is 10.7. The van der Waals surface area contributed by atoms with Gasteiger partial charge in [0.1, 0.15) is 11.3 Å². The molecule has 0 atom stereocenters. The van der Waals surface area contributed by atoms with Gasteiger partial charge in [-0.1, -0.05) is 127 Å². The topological polar surface area (TPSA) is 38.9 Å². The lowest BCUT2D eigenvalue weighted by molar-refractivity contribution is 0.628. The molecule has 0 spiro atoms. The Balaban J connectivity index is 1.29. The number of para-hydroxylation sites is 1. The lowest BCUT2D eigenvalue weighted by Crippen LogP contribution is -1.97. The van der Waals surface area contributed by atoms with E-state index in [4.69, 9.17) is 14.4 Å². The van der Waals surface area contributed by atoms with Crippen LogP contribution in [-0.2, 0) is 0 Å². The van der Waals surface area contributed by atoms with E-state index in [1.54, 1.807) is 0 Å². The Morgan fingerprint density at radius 3 is 1.74 bits per heavy atom. The van der Waals surface area contributed by atoms with E-state index in [0.29, 0.717) is 5.82 Å². The van der Waals surface area contributed by atoms with Crippen molar-refractivity contribution in [1.29, 1.82) is 0 Å². The van der Waals surface area contributed by atoms with E-state index in [-0.39, 0.29) is 0 Å². The average Bonchev–Trinajstić information content (AvgIpc) is 3.53. The summed E-state index contributed by atoms with van der Waals surface area (Å²) in [6, 6.07) is 54.5. The maximum absolute atomic E-state index is 6.29. The molecule has 6 aromatic carbocycles. The number of aromatic nitrogens is 2. The highest BCUT2D eigenvalue weighted by molar-refractivity contribution is 5.91. The molecule has 0 aliphatic heterocycles. The van der Waals surface area contributed by atoms with Crippen LogP contribution in [0.1, 0.15) is 0 Å². The minimum Gasteiger partial charge on any atom is -0.454 e. The van der Waals surface area contributed by atoms with Crippen LogP contribution in [0.25, 0.3) is 78.1 Å². The molecule has 8 rings (SSSR count). The second kappa shape index (κ2) is 10.6. The molecule has 0 unspecified atom stereocenters. The quantitative estimate of drug-likeness (QED) is 0.214. The Labute approximate surface area is 249 Å². The first-order chi connectivity index (χ1) is 21.3. The highest BCUT2D eigenvalue weighted by atomic mass is 16.3. The van der Waals surface area contributed by atoms with Crippen molar-refractivity contribution in [3.63, 3.8) is 0 Å². The second-order valence-electron chi connectivity index (χ2n) is 10.7. The summed E-state index contributed by atoms with van der Waals surface area (Å²) in [6.07, 6.45) is 0. The Morgan fingerprint density at radius 2 is 0.977 bits per heavy atom. The molecular formula is C40H26N2O. The number of nitrogens with zero attached hydrogens (tertiary/aromatic N) is 2. The van der Waals surface area contributed by atoms with Crippen LogP contribution in [0.3, 0.4) is 0 Å². The van der Waals surface area contributed by atoms with E-state index in [1.807, 2.05) is 42.5 Å². The lowest BCUT2D eigenvalue weighted by Gasteiger charge is -2.12. The Kier molecular flexibility index (Phi) is 6.12. The van der Waals surface area contributed by atoms with Crippen molar-refractivity contribution in [2.24, 2.45) is 0 Å². The van der Waals surface area contributed by atoms with E-state index < -0.39 is 0 Å². The number of hydrogen-bond acceptors (Lipinski definition) is 3. The van der Waals surface area contributed by atoms with Crippen molar-refractivity contribution in [1.82, 2.24) is 9.97 Å². The summed E-state index contributed by atoms with van der Waals surface area (Å²) in [7, 11) is 0. The van der Waals surface area contributed by atoms with Crippen LogP contribution in [-0.4, -0.2) is 9.97 Å². The maximum atomic E-state index is 6.29. The first kappa shape index (κ1) is 25.0. The van der Waals surface area contributed by atoms with Gasteiger partial charge in [-0.3, -0.25) is 0 Å². The molecule has 2 heterocycles. The molecule has 0 radical (unpaired) electrons. The number of hydrogen-bond donors (Lipinski definition) is 0. The summed E-state index contributed by atoms with van der Waals surface area (Å²) in [5, 5.41) is 3.39. The van der Waals surface area contributed by atoms with Gasteiger partial charge in [0.2, 0.25) is 0 Å². The van der Waals surface area contributed by atoms with E-state index in [0.717, 1.165) is 55.8 Å². The third-order valence-electron chi connectivity index (χ3n) is 7.90. The normalized spacial score (nSPS) is 11.3. The highest BCUT2D eigenvalue weighted by Crippen LogP contribution is 2.36. The fraction of sp³-hybridized carbons (Fsp3) is 0. The minimum atomic E-state index is 0.659. The van der Waals surface area contributed by atoms with Crippen LogP contribution in [0, 0.1) is 0 Å². The molecule has 202 valence electrons. The average molecular weight is 551 g/mol. The molecule has 0 N–H and O–H groups in total. The Morgan fingerprint density at radius 1 is 0.372 bits per heavy atom. The van der Waals surface area contributed by atoms with Crippen LogP contribution in [0.4, 0.5) is 0 Å². The fourth-order valence-electron chi connectivity index (χ4n) is 5.71. The number of fused-ring (bicyclic) bond motifs is 2. The molecule has 3 heteroatoms. The third-order valence-corrected chi connectivity index (χ3v) is 7.90. The van der Waals surface area contributed by atoms with Crippen molar-refractivity contribution in [2.75, 3.05) is 0 Å². The lowest BCUT2D eigenvalue weighted by atomic mass is 9.98. The van der Waals surface area contributed by atoms with Gasteiger partial charge in [-0.15, -0.1) is 0 Å². The van der Waals surface area contributed by atoms with Gasteiger partial charge in [-0.25, -0.2) is 9.97 Å². The zero-order valence-corrected chi connectivity index (χ0v) is 23.3. The van der Waals surface area contributed by atoms with Gasteiger partial charge in [-0.2, -0.15) is 0 Å². The van der Waals surface area contributed by atoms with Gasteiger partial charge in [0.15, 0.2) is 11.6 Å². The smallest absolute Gasteiger partial charge is 0.161 e. The standard InChI is InChI=1S/C40H26N2O/c1-3-11-27(12-4-1)29-19-20-31-24-32(22-21-30(31)23-29)36-26-37(39-25-33-15-7-10-18-38(33)43-39)42-40(41-36)35-17-9-8-16-34(35)28-13-5-2-6-14-28/h1-26H. The number of benzene rings is 6. The molecule has 0 fully saturated rings. The predicted molar refractivity (Wildman–Crippen MR) is 176 cm³/mol. The van der Waals surface area contributed by atoms with E-state index >= 15 is 0 Å². The van der Waals surface area contributed by atoms with Crippen molar-refractivity contribution in [2.45, 2.75) is 0 Å². The number of rotatable bonds is 5. The van der Waals surface area contributed by atoms with Crippen LogP contribution in [0.15, 0.2) is 162 Å². The first-order valence-corrected chi connectivity index (χ1v) is 14.4. The summed E-state index contributed by atoms with van der Waals surface area (Å²) in [4.78, 5) is 10.2. The first-order valence-electron chi connectivity index (χ1n) is 14.4. The van der Waals surface area contributed by atoms with Crippen molar-refractivity contribution < 1.29 is 4.42 Å². The minimum absolute atomic E-state index is 0.659. The summed E-state index contributed by atoms with van der Waals surface area (Å²) < 4.78 is 6.29. The molecule has 0 saturated carbocycles. The van der Waals surface area contributed by atoms with Crippen molar-refractivity contribution in [3.8, 4) is 56.4 Å². The summed E-state index contributed by atoms with van der Waals surface area (Å²) in [6.45, 7) is 0. The Hall–Kier alpha value is -5.80.